The molecule has 4 rings (SSSR count). The van der Waals surface area contributed by atoms with Gasteiger partial charge in [-0.3, -0.25) is 4.79 Å². The number of aromatic nitrogens is 5. The zero-order valence-corrected chi connectivity index (χ0v) is 15.2. The Kier molecular flexibility index (Phi) is 4.03. The average Bonchev–Trinajstić information content (AvgIpc) is 2.98. The lowest BCUT2D eigenvalue weighted by molar-refractivity contribution is 0.509. The van der Waals surface area contributed by atoms with Crippen LogP contribution in [0.2, 0.25) is 0 Å². The Morgan fingerprint density at radius 2 is 1.85 bits per heavy atom. The molecular formula is C20H21N5O. The van der Waals surface area contributed by atoms with Gasteiger partial charge in [-0.05, 0) is 30.9 Å². The van der Waals surface area contributed by atoms with Crippen LogP contribution in [0.3, 0.4) is 0 Å². The first-order valence-electron chi connectivity index (χ1n) is 8.87. The van der Waals surface area contributed by atoms with E-state index in [2.05, 4.69) is 29.1 Å². The van der Waals surface area contributed by atoms with E-state index in [0.29, 0.717) is 29.1 Å². The molecule has 26 heavy (non-hydrogen) atoms. The summed E-state index contributed by atoms with van der Waals surface area (Å²) < 4.78 is 3.44. The summed E-state index contributed by atoms with van der Waals surface area (Å²) in [7, 11) is 0. The summed E-state index contributed by atoms with van der Waals surface area (Å²) in [6.45, 7) is 6.92. The average molecular weight is 347 g/mol. The maximum atomic E-state index is 12.8. The van der Waals surface area contributed by atoms with Crippen LogP contribution in [0.25, 0.3) is 27.8 Å². The lowest BCUT2D eigenvalue weighted by atomic mass is 10.1. The molecule has 4 aromatic rings. The summed E-state index contributed by atoms with van der Waals surface area (Å²) in [6, 6.07) is 11.9. The third-order valence-corrected chi connectivity index (χ3v) is 4.64. The van der Waals surface area contributed by atoms with Crippen molar-refractivity contribution in [2.45, 2.75) is 33.7 Å². The molecule has 0 saturated carbocycles. The first kappa shape index (κ1) is 16.4. The normalized spacial score (nSPS) is 11.7. The largest absolute Gasteiger partial charge is 0.313 e. The highest BCUT2D eigenvalue weighted by molar-refractivity contribution is 5.84. The van der Waals surface area contributed by atoms with Gasteiger partial charge in [0, 0.05) is 12.7 Å². The summed E-state index contributed by atoms with van der Waals surface area (Å²) in [6.07, 6.45) is 2.77. The molecule has 0 N–H and O–H groups in total. The van der Waals surface area contributed by atoms with Gasteiger partial charge in [-0.25, -0.2) is 4.52 Å². The summed E-state index contributed by atoms with van der Waals surface area (Å²) in [5, 5.41) is 13.2. The Morgan fingerprint density at radius 3 is 2.58 bits per heavy atom. The molecule has 6 nitrogen and oxygen atoms in total. The van der Waals surface area contributed by atoms with Crippen LogP contribution in [-0.2, 0) is 6.54 Å². The van der Waals surface area contributed by atoms with Gasteiger partial charge in [-0.1, -0.05) is 44.2 Å². The van der Waals surface area contributed by atoms with Crippen molar-refractivity contribution in [3.05, 3.63) is 58.6 Å². The highest BCUT2D eigenvalue weighted by Crippen LogP contribution is 2.27. The highest BCUT2D eigenvalue weighted by Gasteiger charge is 2.17. The first-order valence-corrected chi connectivity index (χ1v) is 8.87. The molecule has 0 amide bonds. The van der Waals surface area contributed by atoms with Crippen LogP contribution in [0, 0.1) is 12.8 Å². The zero-order valence-electron chi connectivity index (χ0n) is 15.2. The number of pyridine rings is 1. The molecule has 0 spiro atoms. The monoisotopic (exact) mass is 347 g/mol. The fourth-order valence-electron chi connectivity index (χ4n) is 3.21. The van der Waals surface area contributed by atoms with E-state index < -0.39 is 0 Å². The number of fused-ring (bicyclic) bond motifs is 3. The Balaban J connectivity index is 1.92. The van der Waals surface area contributed by atoms with Crippen LogP contribution in [-0.4, -0.2) is 24.4 Å². The molecule has 132 valence electrons. The second-order valence-corrected chi connectivity index (χ2v) is 6.99. The number of benzene rings is 1. The molecule has 0 unspecified atom stereocenters. The minimum atomic E-state index is -0.119. The van der Waals surface area contributed by atoms with Crippen LogP contribution in [0.5, 0.6) is 0 Å². The predicted molar refractivity (Wildman–Crippen MR) is 102 cm³/mol. The van der Waals surface area contributed by atoms with E-state index in [4.69, 9.17) is 0 Å². The minimum absolute atomic E-state index is 0.119. The smallest absolute Gasteiger partial charge is 0.280 e. The van der Waals surface area contributed by atoms with Crippen LogP contribution in [0.15, 0.2) is 47.4 Å². The molecule has 0 bridgehead atoms. The minimum Gasteiger partial charge on any atom is -0.313 e. The quantitative estimate of drug-likeness (QED) is 0.567. The Hall–Kier alpha value is -3.02. The van der Waals surface area contributed by atoms with Crippen molar-refractivity contribution in [2.24, 2.45) is 5.92 Å². The molecule has 0 aliphatic heterocycles. The standard InChI is InChI=1S/C20H21N5O/c1-13(2)9-11-24-12-10-16-18(20(24)26)21-22-19-17(14(3)23-25(16)19)15-7-5-4-6-8-15/h4-8,10,12-13H,9,11H2,1-3H3. The van der Waals surface area contributed by atoms with E-state index in [0.717, 1.165) is 23.2 Å². The fraction of sp³-hybridized carbons (Fsp3) is 0.300. The van der Waals surface area contributed by atoms with E-state index in [1.54, 1.807) is 9.08 Å². The third-order valence-electron chi connectivity index (χ3n) is 4.64. The maximum absolute atomic E-state index is 12.8. The molecule has 3 aromatic heterocycles. The van der Waals surface area contributed by atoms with Gasteiger partial charge in [-0.15, -0.1) is 10.2 Å². The molecule has 0 saturated heterocycles. The van der Waals surface area contributed by atoms with Crippen molar-refractivity contribution in [3.63, 3.8) is 0 Å². The van der Waals surface area contributed by atoms with E-state index in [9.17, 15) is 4.79 Å². The Labute approximate surface area is 151 Å². The molecule has 0 aliphatic rings. The summed E-state index contributed by atoms with van der Waals surface area (Å²) in [5.41, 5.74) is 4.44. The van der Waals surface area contributed by atoms with Crippen LogP contribution >= 0.6 is 0 Å². The number of rotatable bonds is 4. The second-order valence-electron chi connectivity index (χ2n) is 6.99. The van der Waals surface area contributed by atoms with Gasteiger partial charge >= 0.3 is 0 Å². The van der Waals surface area contributed by atoms with E-state index in [1.807, 2.05) is 49.5 Å². The summed E-state index contributed by atoms with van der Waals surface area (Å²) in [5.74, 6) is 0.536. The van der Waals surface area contributed by atoms with E-state index in [1.165, 1.54) is 0 Å². The van der Waals surface area contributed by atoms with Crippen molar-refractivity contribution in [3.8, 4) is 11.1 Å². The summed E-state index contributed by atoms with van der Waals surface area (Å²) in [4.78, 5) is 12.8. The van der Waals surface area contributed by atoms with Gasteiger partial charge in [0.15, 0.2) is 11.2 Å². The van der Waals surface area contributed by atoms with Gasteiger partial charge in [0.25, 0.3) is 5.56 Å². The van der Waals surface area contributed by atoms with Gasteiger partial charge < -0.3 is 4.57 Å². The molecule has 0 atom stereocenters. The van der Waals surface area contributed by atoms with Crippen molar-refractivity contribution in [2.75, 3.05) is 0 Å². The number of hydrogen-bond donors (Lipinski definition) is 0. The van der Waals surface area contributed by atoms with Crippen molar-refractivity contribution < 1.29 is 0 Å². The molecule has 0 fully saturated rings. The lowest BCUT2D eigenvalue weighted by Gasteiger charge is -2.09. The molecule has 3 heterocycles. The molecule has 0 aliphatic carbocycles. The molecule has 6 heteroatoms. The second kappa shape index (κ2) is 6.37. The number of aryl methyl sites for hydroxylation is 2. The maximum Gasteiger partial charge on any atom is 0.280 e. The van der Waals surface area contributed by atoms with E-state index in [-0.39, 0.29) is 5.56 Å². The number of nitrogens with zero attached hydrogens (tertiary/aromatic N) is 5. The van der Waals surface area contributed by atoms with Crippen molar-refractivity contribution >= 4 is 16.7 Å². The lowest BCUT2D eigenvalue weighted by Crippen LogP contribution is -2.22. The van der Waals surface area contributed by atoms with Crippen molar-refractivity contribution in [1.82, 2.24) is 24.4 Å². The van der Waals surface area contributed by atoms with Crippen LogP contribution < -0.4 is 5.56 Å². The van der Waals surface area contributed by atoms with Gasteiger partial charge in [0.1, 0.15) is 5.52 Å². The molecule has 1 aromatic carbocycles. The fourth-order valence-corrected chi connectivity index (χ4v) is 3.21. The topological polar surface area (TPSA) is 65.1 Å². The van der Waals surface area contributed by atoms with Crippen molar-refractivity contribution in [1.29, 1.82) is 0 Å². The van der Waals surface area contributed by atoms with Gasteiger partial charge in [-0.2, -0.15) is 5.10 Å². The van der Waals surface area contributed by atoms with E-state index >= 15 is 0 Å². The van der Waals surface area contributed by atoms with Gasteiger partial charge in [0.2, 0.25) is 0 Å². The highest BCUT2D eigenvalue weighted by atomic mass is 16.1. The first-order chi connectivity index (χ1) is 12.6. The third kappa shape index (κ3) is 2.67. The zero-order chi connectivity index (χ0) is 18.3. The SMILES string of the molecule is Cc1nn2c(nnc3c(=O)n(CCC(C)C)ccc32)c1-c1ccccc1. The van der Waals surface area contributed by atoms with Gasteiger partial charge in [0.05, 0.1) is 11.3 Å². The summed E-state index contributed by atoms with van der Waals surface area (Å²) >= 11 is 0. The van der Waals surface area contributed by atoms with Crippen LogP contribution in [0.4, 0.5) is 0 Å². The molecular weight excluding hydrogens is 326 g/mol. The number of hydrogen-bond acceptors (Lipinski definition) is 4. The predicted octanol–water partition coefficient (Wildman–Crippen LogP) is 3.46. The Morgan fingerprint density at radius 1 is 1.08 bits per heavy atom. The molecule has 0 radical (unpaired) electrons. The Bertz CT molecular complexity index is 1140. The van der Waals surface area contributed by atoms with Crippen LogP contribution in [0.1, 0.15) is 26.0 Å².